The maximum absolute atomic E-state index is 3.50. The van der Waals surface area contributed by atoms with Gasteiger partial charge in [0.2, 0.25) is 0 Å². The largest absolute Gasteiger partial charge is 0.314 e. The van der Waals surface area contributed by atoms with Gasteiger partial charge in [0.25, 0.3) is 0 Å². The SMILES string of the molecule is CSCCC(C)NCC(C)C. The van der Waals surface area contributed by atoms with E-state index in [1.807, 2.05) is 11.8 Å². The lowest BCUT2D eigenvalue weighted by atomic mass is 10.2. The summed E-state index contributed by atoms with van der Waals surface area (Å²) in [6, 6.07) is 0.685. The Morgan fingerprint density at radius 1 is 1.27 bits per heavy atom. The van der Waals surface area contributed by atoms with E-state index in [0.29, 0.717) is 6.04 Å². The summed E-state index contributed by atoms with van der Waals surface area (Å²) in [7, 11) is 0. The van der Waals surface area contributed by atoms with Gasteiger partial charge in [0, 0.05) is 6.04 Å². The Hall–Kier alpha value is 0.310. The molecule has 1 N–H and O–H groups in total. The van der Waals surface area contributed by atoms with Gasteiger partial charge in [-0.15, -0.1) is 0 Å². The third-order valence-corrected chi connectivity index (χ3v) is 2.27. The summed E-state index contributed by atoms with van der Waals surface area (Å²) in [6.07, 6.45) is 3.45. The molecule has 68 valence electrons. The fourth-order valence-corrected chi connectivity index (χ4v) is 1.42. The van der Waals surface area contributed by atoms with Crippen LogP contribution in [-0.2, 0) is 0 Å². The van der Waals surface area contributed by atoms with E-state index in [0.717, 1.165) is 12.5 Å². The molecule has 1 unspecified atom stereocenters. The van der Waals surface area contributed by atoms with Crippen molar-refractivity contribution in [2.75, 3.05) is 18.6 Å². The smallest absolute Gasteiger partial charge is 0.00466 e. The van der Waals surface area contributed by atoms with Gasteiger partial charge in [-0.3, -0.25) is 0 Å². The first kappa shape index (κ1) is 11.3. The Morgan fingerprint density at radius 2 is 1.91 bits per heavy atom. The van der Waals surface area contributed by atoms with E-state index in [4.69, 9.17) is 0 Å². The van der Waals surface area contributed by atoms with E-state index in [9.17, 15) is 0 Å². The summed E-state index contributed by atoms with van der Waals surface area (Å²) >= 11 is 1.92. The maximum Gasteiger partial charge on any atom is 0.00466 e. The predicted octanol–water partition coefficient (Wildman–Crippen LogP) is 2.37. The molecule has 0 rings (SSSR count). The highest BCUT2D eigenvalue weighted by molar-refractivity contribution is 7.98. The van der Waals surface area contributed by atoms with Crippen LogP contribution in [0.4, 0.5) is 0 Å². The average Bonchev–Trinajstić information content (AvgIpc) is 1.97. The molecule has 0 aliphatic heterocycles. The number of rotatable bonds is 6. The molecule has 11 heavy (non-hydrogen) atoms. The van der Waals surface area contributed by atoms with E-state index in [1.54, 1.807) is 0 Å². The maximum atomic E-state index is 3.50. The minimum Gasteiger partial charge on any atom is -0.314 e. The topological polar surface area (TPSA) is 12.0 Å². The number of nitrogens with one attached hydrogen (secondary N) is 1. The van der Waals surface area contributed by atoms with Crippen LogP contribution in [0.5, 0.6) is 0 Å². The summed E-state index contributed by atoms with van der Waals surface area (Å²) in [5, 5.41) is 3.50. The lowest BCUT2D eigenvalue weighted by Gasteiger charge is -2.14. The van der Waals surface area contributed by atoms with Gasteiger partial charge in [-0.2, -0.15) is 11.8 Å². The molecular weight excluding hydrogens is 154 g/mol. The van der Waals surface area contributed by atoms with Crippen molar-refractivity contribution in [2.45, 2.75) is 33.2 Å². The molecule has 0 aromatic heterocycles. The zero-order valence-electron chi connectivity index (χ0n) is 8.18. The fraction of sp³-hybridized carbons (Fsp3) is 1.00. The van der Waals surface area contributed by atoms with Crippen molar-refractivity contribution >= 4 is 11.8 Å². The molecular formula is C9H21NS. The Balaban J connectivity index is 3.15. The monoisotopic (exact) mass is 175 g/mol. The zero-order chi connectivity index (χ0) is 8.69. The molecule has 0 bridgehead atoms. The highest BCUT2D eigenvalue weighted by atomic mass is 32.2. The minimum atomic E-state index is 0.685. The van der Waals surface area contributed by atoms with Gasteiger partial charge in [-0.25, -0.2) is 0 Å². The van der Waals surface area contributed by atoms with E-state index in [1.165, 1.54) is 12.2 Å². The average molecular weight is 175 g/mol. The lowest BCUT2D eigenvalue weighted by Crippen LogP contribution is -2.29. The second-order valence-electron chi connectivity index (χ2n) is 3.48. The van der Waals surface area contributed by atoms with Crippen LogP contribution in [0, 0.1) is 5.92 Å². The highest BCUT2D eigenvalue weighted by Gasteiger charge is 2.00. The molecule has 2 heteroatoms. The quantitative estimate of drug-likeness (QED) is 0.665. The number of hydrogen-bond donors (Lipinski definition) is 1. The van der Waals surface area contributed by atoms with E-state index in [-0.39, 0.29) is 0 Å². The van der Waals surface area contributed by atoms with Gasteiger partial charge in [-0.1, -0.05) is 13.8 Å². The first-order valence-electron chi connectivity index (χ1n) is 4.39. The van der Waals surface area contributed by atoms with Gasteiger partial charge >= 0.3 is 0 Å². The van der Waals surface area contributed by atoms with Gasteiger partial charge in [0.15, 0.2) is 0 Å². The van der Waals surface area contributed by atoms with E-state index >= 15 is 0 Å². The van der Waals surface area contributed by atoms with Gasteiger partial charge in [0.05, 0.1) is 0 Å². The molecule has 0 saturated heterocycles. The van der Waals surface area contributed by atoms with Crippen LogP contribution >= 0.6 is 11.8 Å². The summed E-state index contributed by atoms with van der Waals surface area (Å²) < 4.78 is 0. The molecule has 0 aliphatic rings. The van der Waals surface area contributed by atoms with Crippen LogP contribution in [0.25, 0.3) is 0 Å². The van der Waals surface area contributed by atoms with Gasteiger partial charge in [0.1, 0.15) is 0 Å². The standard InChI is InChI=1S/C9H21NS/c1-8(2)7-10-9(3)5-6-11-4/h8-10H,5-7H2,1-4H3. The van der Waals surface area contributed by atoms with Crippen molar-refractivity contribution in [1.82, 2.24) is 5.32 Å². The Bertz CT molecular complexity index is 83.6. The molecule has 0 heterocycles. The molecule has 0 saturated carbocycles. The Labute approximate surface area is 75.3 Å². The first-order valence-corrected chi connectivity index (χ1v) is 5.78. The van der Waals surface area contributed by atoms with Crippen LogP contribution in [0.1, 0.15) is 27.2 Å². The third kappa shape index (κ3) is 8.21. The van der Waals surface area contributed by atoms with Crippen LogP contribution in [-0.4, -0.2) is 24.6 Å². The summed E-state index contributed by atoms with van der Waals surface area (Å²) in [5.74, 6) is 2.04. The Kier molecular flexibility index (Phi) is 7.18. The third-order valence-electron chi connectivity index (χ3n) is 1.63. The van der Waals surface area contributed by atoms with Crippen molar-refractivity contribution < 1.29 is 0 Å². The molecule has 0 aliphatic carbocycles. The summed E-state index contributed by atoms with van der Waals surface area (Å²) in [6.45, 7) is 7.90. The second kappa shape index (κ2) is 6.99. The van der Waals surface area contributed by atoms with Crippen LogP contribution in [0.2, 0.25) is 0 Å². The number of thioether (sulfide) groups is 1. The first-order chi connectivity index (χ1) is 5.16. The van der Waals surface area contributed by atoms with E-state index in [2.05, 4.69) is 32.3 Å². The number of hydrogen-bond acceptors (Lipinski definition) is 2. The van der Waals surface area contributed by atoms with Crippen LogP contribution in [0.3, 0.4) is 0 Å². The fourth-order valence-electron chi connectivity index (χ4n) is 0.834. The molecule has 0 amide bonds. The van der Waals surface area contributed by atoms with Crippen molar-refractivity contribution in [3.05, 3.63) is 0 Å². The van der Waals surface area contributed by atoms with Gasteiger partial charge < -0.3 is 5.32 Å². The van der Waals surface area contributed by atoms with Crippen molar-refractivity contribution in [3.63, 3.8) is 0 Å². The van der Waals surface area contributed by atoms with Crippen molar-refractivity contribution in [3.8, 4) is 0 Å². The Morgan fingerprint density at radius 3 is 2.36 bits per heavy atom. The molecule has 0 fully saturated rings. The zero-order valence-corrected chi connectivity index (χ0v) is 9.00. The molecule has 1 nitrogen and oxygen atoms in total. The van der Waals surface area contributed by atoms with Crippen molar-refractivity contribution in [2.24, 2.45) is 5.92 Å². The summed E-state index contributed by atoms with van der Waals surface area (Å²) in [5.41, 5.74) is 0. The van der Waals surface area contributed by atoms with Crippen molar-refractivity contribution in [1.29, 1.82) is 0 Å². The van der Waals surface area contributed by atoms with Gasteiger partial charge in [-0.05, 0) is 37.8 Å². The molecule has 0 aromatic carbocycles. The predicted molar refractivity (Wildman–Crippen MR) is 55.3 cm³/mol. The van der Waals surface area contributed by atoms with Crippen LogP contribution < -0.4 is 5.32 Å². The molecule has 1 atom stereocenters. The highest BCUT2D eigenvalue weighted by Crippen LogP contribution is 2.00. The van der Waals surface area contributed by atoms with E-state index < -0.39 is 0 Å². The molecule has 0 radical (unpaired) electrons. The summed E-state index contributed by atoms with van der Waals surface area (Å²) in [4.78, 5) is 0. The second-order valence-corrected chi connectivity index (χ2v) is 4.47. The minimum absolute atomic E-state index is 0.685. The molecule has 0 spiro atoms. The normalized spacial score (nSPS) is 13.9. The lowest BCUT2D eigenvalue weighted by molar-refractivity contribution is 0.477. The molecule has 0 aromatic rings. The van der Waals surface area contributed by atoms with Crippen LogP contribution in [0.15, 0.2) is 0 Å².